The van der Waals surface area contributed by atoms with Crippen LogP contribution in [0.1, 0.15) is 78.9 Å². The average Bonchev–Trinajstić information content (AvgIpc) is 2.73. The predicted octanol–water partition coefficient (Wildman–Crippen LogP) is 7.99. The third-order valence-electron chi connectivity index (χ3n) is 5.27. The second-order valence-electron chi connectivity index (χ2n) is 11.1. The molecule has 180 valence electrons. The molecular weight excluding hydrogens is 428 g/mol. The number of nitrogens with one attached hydrogen (secondary N) is 1. The summed E-state index contributed by atoms with van der Waals surface area (Å²) in [5.41, 5.74) is 6.51. The van der Waals surface area contributed by atoms with Gasteiger partial charge in [0.2, 0.25) is 0 Å². The Morgan fingerprint density at radius 3 is 1.91 bits per heavy atom. The Kier molecular flexibility index (Phi) is 9.25. The first-order valence-corrected chi connectivity index (χ1v) is 12.2. The van der Waals surface area contributed by atoms with Gasteiger partial charge in [0.1, 0.15) is 0 Å². The van der Waals surface area contributed by atoms with Gasteiger partial charge < -0.3 is 5.43 Å². The lowest BCUT2D eigenvalue weighted by molar-refractivity contribution is 0.403. The highest BCUT2D eigenvalue weighted by molar-refractivity contribution is 6.23. The summed E-state index contributed by atoms with van der Waals surface area (Å²) >= 11 is 6.97. The normalized spacial score (nSPS) is 16.9. The van der Waals surface area contributed by atoms with Gasteiger partial charge in [-0.25, -0.2) is 0 Å². The highest BCUT2D eigenvalue weighted by atomic mass is 35.5. The minimum absolute atomic E-state index is 0.108. The Balaban J connectivity index is 2.51. The minimum atomic E-state index is -0.819. The van der Waals surface area contributed by atoms with E-state index in [0.717, 1.165) is 12.1 Å². The molecule has 0 saturated heterocycles. The zero-order chi connectivity index (χ0) is 24.7. The second-order valence-corrected chi connectivity index (χ2v) is 12.0. The lowest BCUT2D eigenvalue weighted by Crippen LogP contribution is -2.35. The Labute approximate surface area is 205 Å². The molecule has 3 unspecified atom stereocenters. The third-order valence-corrected chi connectivity index (χ3v) is 5.50. The number of halogens is 1. The summed E-state index contributed by atoms with van der Waals surface area (Å²) in [5, 5.41) is 13.9. The van der Waals surface area contributed by atoms with Crippen LogP contribution in [-0.2, 0) is 6.42 Å². The van der Waals surface area contributed by atoms with Crippen molar-refractivity contribution in [1.29, 1.82) is 0 Å². The van der Waals surface area contributed by atoms with Crippen molar-refractivity contribution in [2.45, 2.75) is 90.2 Å². The summed E-state index contributed by atoms with van der Waals surface area (Å²) < 4.78 is 0. The molecule has 5 heteroatoms. The highest BCUT2D eigenvalue weighted by Crippen LogP contribution is 2.39. The van der Waals surface area contributed by atoms with E-state index in [1.54, 1.807) is 0 Å². The van der Waals surface area contributed by atoms with E-state index in [4.69, 9.17) is 16.7 Å². The van der Waals surface area contributed by atoms with Crippen molar-refractivity contribution in [3.63, 3.8) is 0 Å². The van der Waals surface area contributed by atoms with Crippen LogP contribution in [0.3, 0.4) is 0 Å². The van der Waals surface area contributed by atoms with E-state index in [9.17, 15) is 0 Å². The minimum Gasteiger partial charge on any atom is -0.305 e. The smallest absolute Gasteiger partial charge is 0.152 e. The Bertz CT molecular complexity index is 906. The van der Waals surface area contributed by atoms with Crippen LogP contribution in [-0.4, -0.2) is 21.8 Å². The standard InChI is InChI=1S/C28H41ClN4/c1-21(30-31-26(2,3)4)24(19-22-15-11-9-12-16-22)25(23-17-13-10-14-18-23)20-28(8,29)33-32-27(5,6)7/h9-18,24-25,31H,19-20H2,1-8H3. The van der Waals surface area contributed by atoms with E-state index in [-0.39, 0.29) is 22.9 Å². The largest absolute Gasteiger partial charge is 0.305 e. The van der Waals surface area contributed by atoms with Gasteiger partial charge in [0.15, 0.2) is 5.00 Å². The Hall–Kier alpha value is -2.20. The fourth-order valence-electron chi connectivity index (χ4n) is 3.68. The number of hydrogen-bond acceptors (Lipinski definition) is 4. The molecule has 3 atom stereocenters. The fraction of sp³-hybridized carbons (Fsp3) is 0.536. The maximum absolute atomic E-state index is 6.97. The molecule has 2 aromatic rings. The molecule has 0 saturated carbocycles. The fourth-order valence-corrected chi connectivity index (χ4v) is 3.88. The van der Waals surface area contributed by atoms with E-state index >= 15 is 0 Å². The zero-order valence-corrected chi connectivity index (χ0v) is 22.3. The molecule has 0 aromatic heterocycles. The topological polar surface area (TPSA) is 49.1 Å². The quantitative estimate of drug-likeness (QED) is 0.131. The average molecular weight is 469 g/mol. The molecule has 2 aromatic carbocycles. The lowest BCUT2D eigenvalue weighted by atomic mass is 9.76. The molecule has 2 rings (SSSR count). The molecule has 0 heterocycles. The molecule has 0 aliphatic carbocycles. The van der Waals surface area contributed by atoms with Crippen LogP contribution in [0, 0.1) is 5.92 Å². The molecule has 1 N–H and O–H groups in total. The molecule has 4 nitrogen and oxygen atoms in total. The van der Waals surface area contributed by atoms with Crippen molar-refractivity contribution in [3.8, 4) is 0 Å². The van der Waals surface area contributed by atoms with Crippen molar-refractivity contribution in [3.05, 3.63) is 71.8 Å². The van der Waals surface area contributed by atoms with E-state index in [2.05, 4.69) is 97.9 Å². The number of hydrogen-bond donors (Lipinski definition) is 1. The van der Waals surface area contributed by atoms with Gasteiger partial charge >= 0.3 is 0 Å². The lowest BCUT2D eigenvalue weighted by Gasteiger charge is -2.32. The van der Waals surface area contributed by atoms with Gasteiger partial charge in [-0.2, -0.15) is 15.3 Å². The van der Waals surface area contributed by atoms with Crippen LogP contribution in [0.4, 0.5) is 0 Å². The van der Waals surface area contributed by atoms with Crippen LogP contribution >= 0.6 is 11.6 Å². The monoisotopic (exact) mass is 468 g/mol. The second kappa shape index (κ2) is 11.3. The highest BCUT2D eigenvalue weighted by Gasteiger charge is 2.34. The van der Waals surface area contributed by atoms with Gasteiger partial charge in [-0.1, -0.05) is 72.3 Å². The zero-order valence-electron chi connectivity index (χ0n) is 21.6. The van der Waals surface area contributed by atoms with Crippen LogP contribution in [0.15, 0.2) is 76.0 Å². The number of alkyl halides is 1. The van der Waals surface area contributed by atoms with Crippen LogP contribution in [0.25, 0.3) is 0 Å². The molecule has 0 radical (unpaired) electrons. The van der Waals surface area contributed by atoms with Gasteiger partial charge in [-0.05, 0) is 85.3 Å². The summed E-state index contributed by atoms with van der Waals surface area (Å²) in [4.78, 5) is -0.819. The molecule has 0 aliphatic heterocycles. The molecule has 0 spiro atoms. The molecule has 0 fully saturated rings. The molecule has 33 heavy (non-hydrogen) atoms. The predicted molar refractivity (Wildman–Crippen MR) is 142 cm³/mol. The SMILES string of the molecule is CC(=NNC(C)(C)C)C(Cc1ccccc1)C(CC(C)(Cl)N=NC(C)(C)C)c1ccccc1. The summed E-state index contributed by atoms with van der Waals surface area (Å²) in [6.07, 6.45) is 1.52. The van der Waals surface area contributed by atoms with Gasteiger partial charge in [-0.3, -0.25) is 0 Å². The van der Waals surface area contributed by atoms with E-state index in [1.807, 2.05) is 33.8 Å². The van der Waals surface area contributed by atoms with Crippen molar-refractivity contribution in [2.75, 3.05) is 0 Å². The van der Waals surface area contributed by atoms with Crippen LogP contribution < -0.4 is 5.43 Å². The van der Waals surface area contributed by atoms with Crippen molar-refractivity contribution < 1.29 is 0 Å². The van der Waals surface area contributed by atoms with Crippen molar-refractivity contribution >= 4 is 17.3 Å². The molecule has 0 aliphatic rings. The van der Waals surface area contributed by atoms with Gasteiger partial charge in [-0.15, -0.1) is 0 Å². The number of rotatable bonds is 9. The molecule has 0 amide bonds. The summed E-state index contributed by atoms with van der Waals surface area (Å²) in [7, 11) is 0. The van der Waals surface area contributed by atoms with Gasteiger partial charge in [0.25, 0.3) is 0 Å². The van der Waals surface area contributed by atoms with Gasteiger partial charge in [0.05, 0.1) is 5.54 Å². The van der Waals surface area contributed by atoms with Crippen LogP contribution in [0.2, 0.25) is 0 Å². The van der Waals surface area contributed by atoms with Crippen molar-refractivity contribution in [1.82, 2.24) is 5.43 Å². The first-order valence-electron chi connectivity index (χ1n) is 11.8. The number of nitrogens with zero attached hydrogens (tertiary/aromatic N) is 3. The number of benzene rings is 2. The van der Waals surface area contributed by atoms with Crippen LogP contribution in [0.5, 0.6) is 0 Å². The van der Waals surface area contributed by atoms with E-state index < -0.39 is 5.00 Å². The summed E-state index contributed by atoms with van der Waals surface area (Å²) in [5.74, 6) is 0.269. The van der Waals surface area contributed by atoms with E-state index in [1.165, 1.54) is 11.1 Å². The Morgan fingerprint density at radius 2 is 1.39 bits per heavy atom. The maximum Gasteiger partial charge on any atom is 0.152 e. The summed E-state index contributed by atoms with van der Waals surface area (Å²) in [6.45, 7) is 16.5. The number of azo groups is 1. The third kappa shape index (κ3) is 10.1. The Morgan fingerprint density at radius 1 is 0.848 bits per heavy atom. The van der Waals surface area contributed by atoms with Gasteiger partial charge in [0, 0.05) is 17.2 Å². The number of hydrazone groups is 1. The first kappa shape index (κ1) is 27.0. The first-order chi connectivity index (χ1) is 15.3. The molecular formula is C28H41ClN4. The van der Waals surface area contributed by atoms with E-state index in [0.29, 0.717) is 6.42 Å². The molecule has 0 bridgehead atoms. The van der Waals surface area contributed by atoms with Crippen molar-refractivity contribution in [2.24, 2.45) is 21.2 Å². The maximum atomic E-state index is 6.97. The summed E-state index contributed by atoms with van der Waals surface area (Å²) in [6, 6.07) is 21.2.